The smallest absolute Gasteiger partial charge is 0.141 e. The highest BCUT2D eigenvalue weighted by Crippen LogP contribution is 2.47. The molecule has 20 heavy (non-hydrogen) atoms. The molecular formula is C16H25FN2O. The topological polar surface area (TPSA) is 59.1 Å². The van der Waals surface area contributed by atoms with E-state index in [1.54, 1.807) is 13.0 Å². The Bertz CT molecular complexity index is 423. The zero-order valence-electron chi connectivity index (χ0n) is 12.2. The highest BCUT2D eigenvalue weighted by molar-refractivity contribution is 5.18. The van der Waals surface area contributed by atoms with Crippen LogP contribution in [-0.4, -0.2) is 16.6 Å². The molecule has 3 N–H and O–H groups in total. The van der Waals surface area contributed by atoms with Crippen LogP contribution in [0, 0.1) is 11.2 Å². The van der Waals surface area contributed by atoms with Crippen LogP contribution in [0.25, 0.3) is 0 Å². The molecule has 1 saturated carbocycles. The summed E-state index contributed by atoms with van der Waals surface area (Å²) in [7, 11) is 0. The first-order valence-corrected chi connectivity index (χ1v) is 7.56. The summed E-state index contributed by atoms with van der Waals surface area (Å²) >= 11 is 0. The van der Waals surface area contributed by atoms with E-state index in [9.17, 15) is 9.50 Å². The van der Waals surface area contributed by atoms with Gasteiger partial charge in [0.15, 0.2) is 0 Å². The van der Waals surface area contributed by atoms with Crippen molar-refractivity contribution < 1.29 is 9.50 Å². The van der Waals surface area contributed by atoms with Gasteiger partial charge >= 0.3 is 0 Å². The lowest BCUT2D eigenvalue weighted by Crippen LogP contribution is -2.49. The third-order valence-electron chi connectivity index (χ3n) is 4.96. The van der Waals surface area contributed by atoms with Gasteiger partial charge in [0.2, 0.25) is 0 Å². The molecule has 1 atom stereocenters. The van der Waals surface area contributed by atoms with E-state index in [4.69, 9.17) is 5.73 Å². The van der Waals surface area contributed by atoms with Gasteiger partial charge in [0.1, 0.15) is 11.4 Å². The van der Waals surface area contributed by atoms with Crippen molar-refractivity contribution in [2.24, 2.45) is 11.1 Å². The summed E-state index contributed by atoms with van der Waals surface area (Å²) in [6.45, 7) is 2.21. The van der Waals surface area contributed by atoms with Gasteiger partial charge in [-0.25, -0.2) is 4.39 Å². The molecule has 0 amide bonds. The maximum Gasteiger partial charge on any atom is 0.141 e. The monoisotopic (exact) mass is 280 g/mol. The SMILES string of the molecule is CC(O)(c1ccc(F)cn1)C1(CN)CCCCCCC1. The second kappa shape index (κ2) is 6.19. The molecule has 1 aliphatic rings. The number of hydrogen-bond acceptors (Lipinski definition) is 3. The minimum atomic E-state index is -1.12. The molecule has 4 heteroatoms. The van der Waals surface area contributed by atoms with E-state index in [0.717, 1.165) is 31.9 Å². The molecule has 112 valence electrons. The highest BCUT2D eigenvalue weighted by Gasteiger charge is 2.47. The Labute approximate surface area is 120 Å². The lowest BCUT2D eigenvalue weighted by atomic mass is 9.64. The Kier molecular flexibility index (Phi) is 4.76. The van der Waals surface area contributed by atoms with Crippen molar-refractivity contribution in [2.45, 2.75) is 57.5 Å². The largest absolute Gasteiger partial charge is 0.383 e. The minimum Gasteiger partial charge on any atom is -0.383 e. The molecule has 0 aromatic carbocycles. The number of rotatable bonds is 3. The number of nitrogens with zero attached hydrogens (tertiary/aromatic N) is 1. The normalized spacial score (nSPS) is 22.6. The summed E-state index contributed by atoms with van der Waals surface area (Å²) in [4.78, 5) is 4.09. The van der Waals surface area contributed by atoms with E-state index in [2.05, 4.69) is 4.98 Å². The average molecular weight is 280 g/mol. The summed E-state index contributed by atoms with van der Waals surface area (Å²) in [5.74, 6) is -0.385. The van der Waals surface area contributed by atoms with Gasteiger partial charge in [0, 0.05) is 12.0 Å². The van der Waals surface area contributed by atoms with E-state index in [0.29, 0.717) is 12.2 Å². The van der Waals surface area contributed by atoms with Crippen LogP contribution in [0.5, 0.6) is 0 Å². The Morgan fingerprint density at radius 3 is 2.35 bits per heavy atom. The maximum absolute atomic E-state index is 13.0. The second-order valence-corrected chi connectivity index (χ2v) is 6.19. The van der Waals surface area contributed by atoms with Crippen LogP contribution in [-0.2, 0) is 5.60 Å². The van der Waals surface area contributed by atoms with Crippen molar-refractivity contribution in [3.05, 3.63) is 29.8 Å². The molecule has 0 radical (unpaired) electrons. The Hall–Kier alpha value is -1.00. The van der Waals surface area contributed by atoms with Gasteiger partial charge in [0.25, 0.3) is 0 Å². The van der Waals surface area contributed by atoms with E-state index < -0.39 is 5.60 Å². The summed E-state index contributed by atoms with van der Waals surface area (Å²) in [5.41, 5.74) is 5.09. The van der Waals surface area contributed by atoms with Gasteiger partial charge in [0.05, 0.1) is 11.9 Å². The lowest BCUT2D eigenvalue weighted by molar-refractivity contribution is -0.0895. The molecule has 0 spiro atoms. The van der Waals surface area contributed by atoms with E-state index in [1.807, 2.05) is 0 Å². The molecule has 3 nitrogen and oxygen atoms in total. The fourth-order valence-electron chi connectivity index (χ4n) is 3.41. The molecule has 1 aliphatic carbocycles. The van der Waals surface area contributed by atoms with Crippen molar-refractivity contribution in [1.82, 2.24) is 4.98 Å². The van der Waals surface area contributed by atoms with Crippen molar-refractivity contribution in [3.63, 3.8) is 0 Å². The zero-order chi connectivity index (χ0) is 14.6. The number of pyridine rings is 1. The predicted molar refractivity (Wildman–Crippen MR) is 77.6 cm³/mol. The number of halogens is 1. The Balaban J connectivity index is 2.33. The molecule has 2 rings (SSSR count). The number of aromatic nitrogens is 1. The second-order valence-electron chi connectivity index (χ2n) is 6.19. The molecule has 1 unspecified atom stereocenters. The summed E-state index contributed by atoms with van der Waals surface area (Å²) in [6.07, 6.45) is 8.76. The number of hydrogen-bond donors (Lipinski definition) is 2. The molecule has 0 saturated heterocycles. The minimum absolute atomic E-state index is 0.363. The lowest BCUT2D eigenvalue weighted by Gasteiger charge is -2.45. The number of nitrogens with two attached hydrogens (primary N) is 1. The van der Waals surface area contributed by atoms with Crippen LogP contribution in [0.2, 0.25) is 0 Å². The van der Waals surface area contributed by atoms with E-state index >= 15 is 0 Å². The van der Waals surface area contributed by atoms with Crippen molar-refractivity contribution in [2.75, 3.05) is 6.54 Å². The third kappa shape index (κ3) is 2.86. The highest BCUT2D eigenvalue weighted by atomic mass is 19.1. The van der Waals surface area contributed by atoms with Gasteiger partial charge in [-0.2, -0.15) is 0 Å². The van der Waals surface area contributed by atoms with Crippen molar-refractivity contribution >= 4 is 0 Å². The molecule has 1 fully saturated rings. The van der Waals surface area contributed by atoms with E-state index in [-0.39, 0.29) is 11.2 Å². The standard InChI is InChI=1S/C16H25FN2O/c1-15(20,14-8-7-13(17)11-19-14)16(12-18)9-5-3-2-4-6-10-16/h7-8,11,20H,2-6,9-10,12,18H2,1H3. The molecule has 1 aromatic heterocycles. The van der Waals surface area contributed by atoms with Crippen LogP contribution in [0.3, 0.4) is 0 Å². The first kappa shape index (κ1) is 15.4. The summed E-state index contributed by atoms with van der Waals surface area (Å²) in [5, 5.41) is 11.1. The fraction of sp³-hybridized carbons (Fsp3) is 0.688. The van der Waals surface area contributed by atoms with Gasteiger partial charge < -0.3 is 10.8 Å². The van der Waals surface area contributed by atoms with Crippen LogP contribution in [0.4, 0.5) is 4.39 Å². The van der Waals surface area contributed by atoms with Crippen LogP contribution in [0.15, 0.2) is 18.3 Å². The summed E-state index contributed by atoms with van der Waals surface area (Å²) < 4.78 is 13.0. The van der Waals surface area contributed by atoms with Crippen molar-refractivity contribution in [1.29, 1.82) is 0 Å². The zero-order valence-corrected chi connectivity index (χ0v) is 12.2. The molecule has 0 aliphatic heterocycles. The first-order chi connectivity index (χ1) is 9.52. The van der Waals surface area contributed by atoms with Gasteiger partial charge in [-0.15, -0.1) is 0 Å². The Morgan fingerprint density at radius 1 is 1.25 bits per heavy atom. The molecule has 1 heterocycles. The quantitative estimate of drug-likeness (QED) is 0.894. The first-order valence-electron chi connectivity index (χ1n) is 7.56. The van der Waals surface area contributed by atoms with Crippen molar-refractivity contribution in [3.8, 4) is 0 Å². The van der Waals surface area contributed by atoms with Crippen LogP contribution < -0.4 is 5.73 Å². The Morgan fingerprint density at radius 2 is 1.85 bits per heavy atom. The van der Waals surface area contributed by atoms with Crippen LogP contribution in [0.1, 0.15) is 57.6 Å². The van der Waals surface area contributed by atoms with Gasteiger partial charge in [-0.3, -0.25) is 4.98 Å². The van der Waals surface area contributed by atoms with E-state index in [1.165, 1.54) is 25.3 Å². The van der Waals surface area contributed by atoms with Gasteiger partial charge in [-0.05, 0) is 31.9 Å². The third-order valence-corrected chi connectivity index (χ3v) is 4.96. The molecule has 1 aromatic rings. The number of aliphatic hydroxyl groups is 1. The van der Waals surface area contributed by atoms with Gasteiger partial charge in [-0.1, -0.05) is 32.1 Å². The molecule has 0 bridgehead atoms. The van der Waals surface area contributed by atoms with Crippen LogP contribution >= 0.6 is 0 Å². The fourth-order valence-corrected chi connectivity index (χ4v) is 3.41. The maximum atomic E-state index is 13.0. The predicted octanol–water partition coefficient (Wildman–Crippen LogP) is 3.12. The average Bonchev–Trinajstić information content (AvgIpc) is 2.39. The molecular weight excluding hydrogens is 255 g/mol. The summed E-state index contributed by atoms with van der Waals surface area (Å²) in [6, 6.07) is 2.93.